The number of likely N-dealkylation sites (tertiary alicyclic amines) is 1. The minimum atomic E-state index is -1.15. The molecule has 0 radical (unpaired) electrons. The standard InChI is InChI=1S/C19H21N5O3/c1-12-18(14-4-2-3-5-15(14)20-12)13-6-8-23(9-7-13)17(25)11-24-10-16(19(26)27)21-22-24/h2-5,10,13,20H,6-9,11H2,1H3,(H,26,27). The molecule has 1 aliphatic heterocycles. The molecule has 4 rings (SSSR count). The molecule has 1 saturated heterocycles. The van der Waals surface area contributed by atoms with E-state index in [1.807, 2.05) is 11.0 Å². The highest BCUT2D eigenvalue weighted by Gasteiger charge is 2.27. The van der Waals surface area contributed by atoms with Crippen LogP contribution in [0.25, 0.3) is 10.9 Å². The van der Waals surface area contributed by atoms with E-state index in [4.69, 9.17) is 5.11 Å². The lowest BCUT2D eigenvalue weighted by molar-refractivity contribution is -0.133. The number of para-hydroxylation sites is 1. The summed E-state index contributed by atoms with van der Waals surface area (Å²) in [5.41, 5.74) is 3.56. The van der Waals surface area contributed by atoms with Gasteiger partial charge < -0.3 is 15.0 Å². The molecule has 3 aromatic rings. The number of aryl methyl sites for hydroxylation is 1. The zero-order valence-electron chi connectivity index (χ0n) is 15.1. The number of aromatic carboxylic acids is 1. The number of hydrogen-bond donors (Lipinski definition) is 2. The van der Waals surface area contributed by atoms with Crippen molar-refractivity contribution in [2.24, 2.45) is 0 Å². The van der Waals surface area contributed by atoms with Gasteiger partial charge >= 0.3 is 5.97 Å². The van der Waals surface area contributed by atoms with E-state index in [-0.39, 0.29) is 18.1 Å². The average Bonchev–Trinajstić information content (AvgIpc) is 3.25. The SMILES string of the molecule is Cc1[nH]c2ccccc2c1C1CCN(C(=O)Cn2cc(C(=O)O)nn2)CC1. The number of rotatable bonds is 4. The fraction of sp³-hybridized carbons (Fsp3) is 0.368. The fourth-order valence-electron chi connectivity index (χ4n) is 3.95. The Bertz CT molecular complexity index is 998. The molecule has 1 aromatic carbocycles. The van der Waals surface area contributed by atoms with Gasteiger partial charge in [0.1, 0.15) is 6.54 Å². The lowest BCUT2D eigenvalue weighted by atomic mass is 9.87. The number of fused-ring (bicyclic) bond motifs is 1. The zero-order chi connectivity index (χ0) is 19.0. The molecule has 0 unspecified atom stereocenters. The van der Waals surface area contributed by atoms with Gasteiger partial charge in [0, 0.05) is 29.7 Å². The Morgan fingerprint density at radius 1 is 1.26 bits per heavy atom. The van der Waals surface area contributed by atoms with E-state index in [1.54, 1.807) is 0 Å². The molecule has 0 aliphatic carbocycles. The van der Waals surface area contributed by atoms with Crippen LogP contribution in [-0.2, 0) is 11.3 Å². The number of carboxylic acids is 1. The van der Waals surface area contributed by atoms with Crippen molar-refractivity contribution in [1.29, 1.82) is 0 Å². The van der Waals surface area contributed by atoms with Gasteiger partial charge in [0.05, 0.1) is 6.20 Å². The van der Waals surface area contributed by atoms with Gasteiger partial charge in [-0.3, -0.25) is 4.79 Å². The summed E-state index contributed by atoms with van der Waals surface area (Å²) < 4.78 is 1.28. The Morgan fingerprint density at radius 2 is 2.00 bits per heavy atom. The first-order valence-corrected chi connectivity index (χ1v) is 9.01. The summed E-state index contributed by atoms with van der Waals surface area (Å²) >= 11 is 0. The second-order valence-electron chi connectivity index (χ2n) is 6.97. The molecule has 1 aliphatic rings. The van der Waals surface area contributed by atoms with Gasteiger partial charge in [0.2, 0.25) is 5.91 Å². The van der Waals surface area contributed by atoms with Crippen LogP contribution in [0.4, 0.5) is 0 Å². The number of carboxylic acid groups (broad SMARTS) is 1. The predicted molar refractivity (Wildman–Crippen MR) is 98.6 cm³/mol. The molecule has 2 N–H and O–H groups in total. The predicted octanol–water partition coefficient (Wildman–Crippen LogP) is 2.17. The maximum absolute atomic E-state index is 12.5. The van der Waals surface area contributed by atoms with Crippen molar-refractivity contribution in [2.45, 2.75) is 32.2 Å². The van der Waals surface area contributed by atoms with E-state index in [1.165, 1.54) is 27.5 Å². The number of nitrogens with one attached hydrogen (secondary N) is 1. The summed E-state index contributed by atoms with van der Waals surface area (Å²) in [7, 11) is 0. The second kappa shape index (κ2) is 6.86. The van der Waals surface area contributed by atoms with Crippen molar-refractivity contribution in [3.8, 4) is 0 Å². The lowest BCUT2D eigenvalue weighted by Gasteiger charge is -2.32. The quantitative estimate of drug-likeness (QED) is 0.735. The molecule has 0 spiro atoms. The molecule has 0 saturated carbocycles. The monoisotopic (exact) mass is 367 g/mol. The van der Waals surface area contributed by atoms with Crippen molar-refractivity contribution in [1.82, 2.24) is 24.9 Å². The number of carbonyl (C=O) groups is 2. The third-order valence-corrected chi connectivity index (χ3v) is 5.25. The van der Waals surface area contributed by atoms with Crippen LogP contribution in [-0.4, -0.2) is 55.0 Å². The molecule has 1 amide bonds. The van der Waals surface area contributed by atoms with Crippen LogP contribution in [0.3, 0.4) is 0 Å². The van der Waals surface area contributed by atoms with Gasteiger partial charge in [-0.1, -0.05) is 23.4 Å². The number of hydrogen-bond acceptors (Lipinski definition) is 4. The second-order valence-corrected chi connectivity index (χ2v) is 6.97. The van der Waals surface area contributed by atoms with Gasteiger partial charge in [-0.2, -0.15) is 0 Å². The highest BCUT2D eigenvalue weighted by Crippen LogP contribution is 2.35. The van der Waals surface area contributed by atoms with E-state index in [0.717, 1.165) is 18.4 Å². The normalized spacial score (nSPS) is 15.4. The zero-order valence-corrected chi connectivity index (χ0v) is 15.1. The van der Waals surface area contributed by atoms with Crippen LogP contribution in [0.1, 0.15) is 40.5 Å². The lowest BCUT2D eigenvalue weighted by Crippen LogP contribution is -2.39. The Morgan fingerprint density at radius 3 is 2.70 bits per heavy atom. The molecule has 0 bridgehead atoms. The number of aromatic amines is 1. The van der Waals surface area contributed by atoms with E-state index >= 15 is 0 Å². The molecule has 27 heavy (non-hydrogen) atoms. The van der Waals surface area contributed by atoms with Crippen molar-refractivity contribution in [3.05, 3.63) is 47.4 Å². The smallest absolute Gasteiger partial charge is 0.358 e. The molecule has 3 heterocycles. The maximum atomic E-state index is 12.5. The fourth-order valence-corrected chi connectivity index (χ4v) is 3.95. The van der Waals surface area contributed by atoms with Crippen LogP contribution < -0.4 is 0 Å². The largest absolute Gasteiger partial charge is 0.476 e. The Labute approximate surface area is 155 Å². The summed E-state index contributed by atoms with van der Waals surface area (Å²) in [5.74, 6) is -0.787. The van der Waals surface area contributed by atoms with E-state index in [2.05, 4.69) is 40.4 Å². The number of benzene rings is 1. The van der Waals surface area contributed by atoms with Gasteiger partial charge in [-0.05, 0) is 37.3 Å². The molecule has 140 valence electrons. The average molecular weight is 367 g/mol. The summed E-state index contributed by atoms with van der Waals surface area (Å²) in [5, 5.41) is 17.4. The van der Waals surface area contributed by atoms with Crippen LogP contribution in [0, 0.1) is 6.92 Å². The van der Waals surface area contributed by atoms with Crippen LogP contribution >= 0.6 is 0 Å². The van der Waals surface area contributed by atoms with Crippen LogP contribution in [0.5, 0.6) is 0 Å². The first-order valence-electron chi connectivity index (χ1n) is 9.01. The number of nitrogens with zero attached hydrogens (tertiary/aromatic N) is 4. The first kappa shape index (κ1) is 17.3. The van der Waals surface area contributed by atoms with Crippen LogP contribution in [0.2, 0.25) is 0 Å². The summed E-state index contributed by atoms with van der Waals surface area (Å²) in [6, 6.07) is 8.33. The van der Waals surface area contributed by atoms with Crippen LogP contribution in [0.15, 0.2) is 30.5 Å². The number of aromatic nitrogens is 4. The summed E-state index contributed by atoms with van der Waals surface area (Å²) in [6.07, 6.45) is 3.10. The maximum Gasteiger partial charge on any atom is 0.358 e. The Hall–Kier alpha value is -3.16. The van der Waals surface area contributed by atoms with E-state index < -0.39 is 5.97 Å². The highest BCUT2D eigenvalue weighted by atomic mass is 16.4. The summed E-state index contributed by atoms with van der Waals surface area (Å²) in [4.78, 5) is 28.6. The molecule has 0 atom stereocenters. The van der Waals surface area contributed by atoms with E-state index in [9.17, 15) is 9.59 Å². The molecule has 2 aromatic heterocycles. The third kappa shape index (κ3) is 3.30. The van der Waals surface area contributed by atoms with Crippen molar-refractivity contribution >= 4 is 22.8 Å². The minimum Gasteiger partial charge on any atom is -0.476 e. The van der Waals surface area contributed by atoms with Crippen molar-refractivity contribution in [2.75, 3.05) is 13.1 Å². The van der Waals surface area contributed by atoms with Gasteiger partial charge in [0.15, 0.2) is 5.69 Å². The van der Waals surface area contributed by atoms with Gasteiger partial charge in [-0.15, -0.1) is 5.10 Å². The Kier molecular flexibility index (Phi) is 4.39. The van der Waals surface area contributed by atoms with Crippen molar-refractivity contribution in [3.63, 3.8) is 0 Å². The number of H-pyrrole nitrogens is 1. The molecule has 1 fully saturated rings. The molecule has 8 nitrogen and oxygen atoms in total. The number of amides is 1. The van der Waals surface area contributed by atoms with Crippen molar-refractivity contribution < 1.29 is 14.7 Å². The summed E-state index contributed by atoms with van der Waals surface area (Å²) in [6.45, 7) is 3.49. The number of carbonyl (C=O) groups excluding carboxylic acids is 1. The highest BCUT2D eigenvalue weighted by molar-refractivity contribution is 5.85. The molecular formula is C19H21N5O3. The first-order chi connectivity index (χ1) is 13.0. The number of piperidine rings is 1. The molecule has 8 heteroatoms. The van der Waals surface area contributed by atoms with Gasteiger partial charge in [-0.25, -0.2) is 9.48 Å². The minimum absolute atomic E-state index is 0.0110. The Balaban J connectivity index is 1.41. The van der Waals surface area contributed by atoms with E-state index in [0.29, 0.717) is 19.0 Å². The molecular weight excluding hydrogens is 346 g/mol. The van der Waals surface area contributed by atoms with Gasteiger partial charge in [0.25, 0.3) is 0 Å². The topological polar surface area (TPSA) is 104 Å². The third-order valence-electron chi connectivity index (χ3n) is 5.25.